The molecule has 0 spiro atoms. The molecule has 0 bridgehead atoms. The average Bonchev–Trinajstić information content (AvgIpc) is 2.26. The number of phenolic OH excluding ortho intramolecular Hbond substituents is 1. The van der Waals surface area contributed by atoms with Crippen molar-refractivity contribution in [3.05, 3.63) is 39.9 Å². The number of allylic oxidation sites excluding steroid dienone is 2. The van der Waals surface area contributed by atoms with Crippen LogP contribution in [0.2, 0.25) is 0 Å². The highest BCUT2D eigenvalue weighted by Gasteiger charge is 2.28. The van der Waals surface area contributed by atoms with Crippen LogP contribution >= 0.6 is 11.6 Å². The van der Waals surface area contributed by atoms with Crippen molar-refractivity contribution in [1.82, 2.24) is 0 Å². The molecule has 0 heterocycles. The largest absolute Gasteiger partial charge is 0.507 e. The summed E-state index contributed by atoms with van der Waals surface area (Å²) >= 11 is 5.62. The van der Waals surface area contributed by atoms with E-state index in [1.54, 1.807) is 0 Å². The second kappa shape index (κ2) is 4.31. The average molecular weight is 253 g/mol. The quantitative estimate of drug-likeness (QED) is 0.875. The predicted octanol–water partition coefficient (Wildman–Crippen LogP) is 2.04. The third-order valence-corrected chi connectivity index (χ3v) is 2.74. The number of hydrogen-bond acceptors (Lipinski definition) is 4. The van der Waals surface area contributed by atoms with Crippen molar-refractivity contribution in [1.29, 1.82) is 0 Å². The maximum Gasteiger partial charge on any atom is 0.208 e. The van der Waals surface area contributed by atoms with Gasteiger partial charge >= 0.3 is 0 Å². The van der Waals surface area contributed by atoms with Crippen LogP contribution in [0.25, 0.3) is 0 Å². The van der Waals surface area contributed by atoms with Crippen LogP contribution in [0, 0.1) is 0 Å². The Morgan fingerprint density at radius 2 is 2.06 bits per heavy atom. The zero-order valence-corrected chi connectivity index (χ0v) is 9.75. The molecular weight excluding hydrogens is 244 g/mol. The molecule has 1 aromatic rings. The van der Waals surface area contributed by atoms with E-state index in [1.165, 1.54) is 19.2 Å². The highest BCUT2D eigenvalue weighted by Crippen LogP contribution is 2.31. The first-order valence-electron chi connectivity index (χ1n) is 4.85. The van der Waals surface area contributed by atoms with Crippen LogP contribution in [0.3, 0.4) is 0 Å². The Morgan fingerprint density at radius 1 is 1.35 bits per heavy atom. The van der Waals surface area contributed by atoms with Crippen molar-refractivity contribution in [2.75, 3.05) is 7.11 Å². The van der Waals surface area contributed by atoms with Gasteiger partial charge in [-0.15, -0.1) is 0 Å². The number of halogens is 1. The van der Waals surface area contributed by atoms with Gasteiger partial charge in [-0.05, 0) is 17.7 Å². The van der Waals surface area contributed by atoms with Crippen molar-refractivity contribution >= 4 is 23.2 Å². The van der Waals surface area contributed by atoms with Crippen LogP contribution in [0.1, 0.15) is 26.3 Å². The molecule has 0 saturated carbocycles. The smallest absolute Gasteiger partial charge is 0.208 e. The van der Waals surface area contributed by atoms with Gasteiger partial charge in [0.2, 0.25) is 5.78 Å². The molecule has 0 radical (unpaired) electrons. The molecule has 5 heteroatoms. The van der Waals surface area contributed by atoms with E-state index in [0.717, 1.165) is 6.08 Å². The van der Waals surface area contributed by atoms with Gasteiger partial charge in [-0.2, -0.15) is 0 Å². The summed E-state index contributed by atoms with van der Waals surface area (Å²) < 4.78 is 4.91. The molecule has 0 aromatic heterocycles. The Balaban J connectivity index is 2.62. The minimum atomic E-state index is -0.539. The molecule has 0 atom stereocenters. The Bertz CT molecular complexity index is 546. The molecule has 1 aromatic carbocycles. The maximum atomic E-state index is 11.7. The SMILES string of the molecule is COCc1cc(O)c2c(c1)C(=O)C=C(Cl)C2=O. The number of ether oxygens (including phenoxy) is 1. The maximum absolute atomic E-state index is 11.7. The van der Waals surface area contributed by atoms with Crippen LogP contribution in [0.5, 0.6) is 5.75 Å². The van der Waals surface area contributed by atoms with Crippen LogP contribution < -0.4 is 0 Å². The fourth-order valence-electron chi connectivity index (χ4n) is 1.75. The van der Waals surface area contributed by atoms with Gasteiger partial charge in [0.15, 0.2) is 5.78 Å². The zero-order chi connectivity index (χ0) is 12.6. The number of rotatable bonds is 2. The van der Waals surface area contributed by atoms with Crippen molar-refractivity contribution in [3.8, 4) is 5.75 Å². The first-order chi connectivity index (χ1) is 8.04. The molecule has 0 aliphatic heterocycles. The number of carbonyl (C=O) groups excluding carboxylic acids is 2. The third kappa shape index (κ3) is 1.97. The third-order valence-electron chi connectivity index (χ3n) is 2.46. The summed E-state index contributed by atoms with van der Waals surface area (Å²) in [5, 5.41) is 9.57. The minimum absolute atomic E-state index is 0.0395. The minimum Gasteiger partial charge on any atom is -0.507 e. The lowest BCUT2D eigenvalue weighted by Crippen LogP contribution is -2.15. The number of carbonyl (C=O) groups is 2. The van der Waals surface area contributed by atoms with Crippen molar-refractivity contribution < 1.29 is 19.4 Å². The summed E-state index contributed by atoms with van der Waals surface area (Å²) in [6.07, 6.45) is 1.06. The lowest BCUT2D eigenvalue weighted by molar-refractivity contribution is 0.0987. The molecule has 2 rings (SSSR count). The second-order valence-corrected chi connectivity index (χ2v) is 4.06. The molecule has 88 valence electrons. The van der Waals surface area contributed by atoms with E-state index >= 15 is 0 Å². The van der Waals surface area contributed by atoms with E-state index in [2.05, 4.69) is 0 Å². The number of fused-ring (bicyclic) bond motifs is 1. The normalized spacial score (nSPS) is 14.6. The number of Topliss-reactive ketones (excluding diaryl/α,β-unsaturated/α-hetero) is 1. The van der Waals surface area contributed by atoms with Crippen LogP contribution in [-0.2, 0) is 11.3 Å². The monoisotopic (exact) mass is 252 g/mol. The Kier molecular flexibility index (Phi) is 3.00. The van der Waals surface area contributed by atoms with Crippen LogP contribution in [0.15, 0.2) is 23.2 Å². The topological polar surface area (TPSA) is 63.6 Å². The van der Waals surface area contributed by atoms with Gasteiger partial charge in [0.25, 0.3) is 0 Å². The Morgan fingerprint density at radius 3 is 2.71 bits per heavy atom. The van der Waals surface area contributed by atoms with E-state index in [4.69, 9.17) is 16.3 Å². The fourth-order valence-corrected chi connectivity index (χ4v) is 1.94. The first-order valence-corrected chi connectivity index (χ1v) is 5.23. The van der Waals surface area contributed by atoms with Crippen LogP contribution in [-0.4, -0.2) is 23.8 Å². The van der Waals surface area contributed by atoms with Crippen LogP contribution in [0.4, 0.5) is 0 Å². The molecule has 0 amide bonds. The van der Waals surface area contributed by atoms with E-state index in [1.807, 2.05) is 0 Å². The predicted molar refractivity (Wildman–Crippen MR) is 61.4 cm³/mol. The van der Waals surface area contributed by atoms with E-state index in [0.29, 0.717) is 5.56 Å². The molecule has 0 fully saturated rings. The van der Waals surface area contributed by atoms with Gasteiger partial charge in [0.05, 0.1) is 17.2 Å². The molecule has 4 nitrogen and oxygen atoms in total. The summed E-state index contributed by atoms with van der Waals surface area (Å²) in [5.41, 5.74) is 0.741. The fraction of sp³-hybridized carbons (Fsp3) is 0.167. The van der Waals surface area contributed by atoms with Gasteiger partial charge in [-0.1, -0.05) is 11.6 Å². The lowest BCUT2D eigenvalue weighted by Gasteiger charge is -2.14. The van der Waals surface area contributed by atoms with Gasteiger partial charge in [0, 0.05) is 18.7 Å². The number of methoxy groups -OCH3 is 1. The number of ketones is 2. The summed E-state index contributed by atoms with van der Waals surface area (Å²) in [4.78, 5) is 23.4. The van der Waals surface area contributed by atoms with E-state index in [-0.39, 0.29) is 28.5 Å². The summed E-state index contributed by atoms with van der Waals surface area (Å²) in [7, 11) is 1.50. The number of hydrogen-bond donors (Lipinski definition) is 1. The molecule has 1 aliphatic rings. The summed E-state index contributed by atoms with van der Waals surface area (Å²) in [6, 6.07) is 2.92. The molecule has 0 saturated heterocycles. The summed E-state index contributed by atoms with van der Waals surface area (Å²) in [6.45, 7) is 0.250. The van der Waals surface area contributed by atoms with Crippen molar-refractivity contribution in [2.24, 2.45) is 0 Å². The molecular formula is C12H9ClO4. The molecule has 1 aliphatic carbocycles. The Labute approximate surface area is 102 Å². The number of aromatic hydroxyl groups is 1. The first kappa shape index (κ1) is 11.8. The zero-order valence-electron chi connectivity index (χ0n) is 8.99. The van der Waals surface area contributed by atoms with Crippen molar-refractivity contribution in [3.63, 3.8) is 0 Å². The van der Waals surface area contributed by atoms with E-state index in [9.17, 15) is 14.7 Å². The van der Waals surface area contributed by atoms with Crippen molar-refractivity contribution in [2.45, 2.75) is 6.61 Å². The van der Waals surface area contributed by atoms with Gasteiger partial charge in [0.1, 0.15) is 5.75 Å². The standard InChI is InChI=1S/C12H9ClO4/c1-17-5-6-2-7-9(14)4-8(13)12(16)11(7)10(15)3-6/h2-4,15H,5H2,1H3. The molecule has 1 N–H and O–H groups in total. The number of phenols is 1. The second-order valence-electron chi connectivity index (χ2n) is 3.66. The lowest BCUT2D eigenvalue weighted by atomic mass is 9.92. The summed E-state index contributed by atoms with van der Waals surface area (Å²) in [5.74, 6) is -1.18. The van der Waals surface area contributed by atoms with Gasteiger partial charge < -0.3 is 9.84 Å². The molecule has 17 heavy (non-hydrogen) atoms. The van der Waals surface area contributed by atoms with Gasteiger partial charge in [-0.3, -0.25) is 9.59 Å². The van der Waals surface area contributed by atoms with E-state index < -0.39 is 11.6 Å². The number of benzene rings is 1. The Hall–Kier alpha value is -1.65. The van der Waals surface area contributed by atoms with Gasteiger partial charge in [-0.25, -0.2) is 0 Å². The highest BCUT2D eigenvalue weighted by molar-refractivity contribution is 6.49. The highest BCUT2D eigenvalue weighted by atomic mass is 35.5. The molecule has 0 unspecified atom stereocenters.